The number of hydrogen-bond acceptors (Lipinski definition) is 5. The Balaban J connectivity index is 1.75. The molecule has 1 heterocycles. The highest BCUT2D eigenvalue weighted by molar-refractivity contribution is 6.78. The second kappa shape index (κ2) is 12.2. The maximum atomic E-state index is 12.3. The maximum Gasteiger partial charge on any atom is 0.258 e. The van der Waals surface area contributed by atoms with Gasteiger partial charge in [0.2, 0.25) is 0 Å². The molecule has 1 fully saturated rings. The zero-order valence-corrected chi connectivity index (χ0v) is 25.1. The highest BCUT2D eigenvalue weighted by atomic mass is 28.4. The third kappa shape index (κ3) is 6.19. The second-order valence-corrected chi connectivity index (χ2v) is 17.1. The van der Waals surface area contributed by atoms with Crippen LogP contribution >= 0.6 is 0 Å². The molecule has 0 radical (unpaired) electrons. The molecule has 1 N–H and O–H groups in total. The van der Waals surface area contributed by atoms with Gasteiger partial charge in [-0.2, -0.15) is 0 Å². The van der Waals surface area contributed by atoms with Crippen molar-refractivity contribution in [2.24, 2.45) is 0 Å². The SMILES string of the molecule is COCc1ccc(C2(O)CCN(C(C=O)c3ccc(O[Si](C(C)C)(C(C)C)C(C)C)c(C)c3)CC2)cc1. The smallest absolute Gasteiger partial charge is 0.258 e. The predicted molar refractivity (Wildman–Crippen MR) is 154 cm³/mol. The number of benzene rings is 2. The van der Waals surface area contributed by atoms with Crippen molar-refractivity contribution in [3.8, 4) is 5.75 Å². The molecule has 1 atom stereocenters. The van der Waals surface area contributed by atoms with Crippen LogP contribution in [0, 0.1) is 6.92 Å². The van der Waals surface area contributed by atoms with Crippen LogP contribution in [0.4, 0.5) is 0 Å². The lowest BCUT2D eigenvalue weighted by atomic mass is 9.83. The molecule has 0 saturated carbocycles. The molecule has 1 unspecified atom stereocenters. The van der Waals surface area contributed by atoms with Crippen molar-refractivity contribution in [2.75, 3.05) is 20.2 Å². The maximum absolute atomic E-state index is 12.3. The van der Waals surface area contributed by atoms with Gasteiger partial charge in [0.05, 0.1) is 18.2 Å². The Morgan fingerprint density at radius 3 is 2.00 bits per heavy atom. The summed E-state index contributed by atoms with van der Waals surface area (Å²) >= 11 is 0. The van der Waals surface area contributed by atoms with Crippen LogP contribution in [0.1, 0.15) is 82.7 Å². The Bertz CT molecular complexity index is 1000. The third-order valence-electron chi connectivity index (χ3n) is 8.48. The molecule has 0 aliphatic carbocycles. The summed E-state index contributed by atoms with van der Waals surface area (Å²) in [6.45, 7) is 17.7. The molecule has 1 aliphatic rings. The van der Waals surface area contributed by atoms with Gasteiger partial charge in [-0.15, -0.1) is 0 Å². The second-order valence-electron chi connectivity index (χ2n) is 11.7. The molecule has 6 heteroatoms. The Kier molecular flexibility index (Phi) is 9.78. The van der Waals surface area contributed by atoms with Crippen molar-refractivity contribution in [3.05, 3.63) is 64.7 Å². The van der Waals surface area contributed by atoms with Crippen molar-refractivity contribution in [1.29, 1.82) is 0 Å². The summed E-state index contributed by atoms with van der Waals surface area (Å²) < 4.78 is 12.1. The lowest BCUT2D eigenvalue weighted by Gasteiger charge is -2.43. The first-order valence-electron chi connectivity index (χ1n) is 13.8. The van der Waals surface area contributed by atoms with Gasteiger partial charge in [0, 0.05) is 20.2 Å². The fraction of sp³-hybridized carbons (Fsp3) is 0.581. The molecule has 1 aliphatic heterocycles. The van der Waals surface area contributed by atoms with Crippen LogP contribution in [0.25, 0.3) is 0 Å². The molecule has 0 spiro atoms. The molecular weight excluding hydrogens is 478 g/mol. The van der Waals surface area contributed by atoms with Crippen molar-refractivity contribution >= 4 is 14.6 Å². The number of carbonyl (C=O) groups is 1. The van der Waals surface area contributed by atoms with Gasteiger partial charge in [-0.25, -0.2) is 0 Å². The van der Waals surface area contributed by atoms with Gasteiger partial charge in [-0.3, -0.25) is 4.90 Å². The van der Waals surface area contributed by atoms with Crippen molar-refractivity contribution in [2.45, 2.75) is 96.2 Å². The topological polar surface area (TPSA) is 59.0 Å². The standard InChI is InChI=1S/C31H47NO4Si/c1-22(2)37(23(3)4,24(5)6)36-30-14-11-27(19-25(30)7)29(20-33)32-17-15-31(34,16-18-32)28-12-9-26(10-13-28)21-35-8/h9-14,19-20,22-24,29,34H,15-18,21H2,1-8H3. The number of aryl methyl sites for hydroxylation is 1. The molecule has 0 bridgehead atoms. The Labute approximate surface area is 225 Å². The molecule has 5 nitrogen and oxygen atoms in total. The Morgan fingerprint density at radius 1 is 0.973 bits per heavy atom. The number of likely N-dealkylation sites (tertiary alicyclic amines) is 1. The molecule has 37 heavy (non-hydrogen) atoms. The summed E-state index contributed by atoms with van der Waals surface area (Å²) in [5, 5.41) is 11.4. The molecule has 0 amide bonds. The minimum atomic E-state index is -2.06. The summed E-state index contributed by atoms with van der Waals surface area (Å²) in [5.41, 5.74) is 4.70. The Hall–Kier alpha value is -1.99. The van der Waals surface area contributed by atoms with Gasteiger partial charge in [0.25, 0.3) is 8.32 Å². The third-order valence-corrected chi connectivity index (χ3v) is 14.5. The van der Waals surface area contributed by atoms with Crippen LogP contribution < -0.4 is 4.43 Å². The van der Waals surface area contributed by atoms with Crippen molar-refractivity contribution in [3.63, 3.8) is 0 Å². The van der Waals surface area contributed by atoms with E-state index in [0.29, 0.717) is 49.2 Å². The molecular formula is C31H47NO4Si. The number of ether oxygens (including phenoxy) is 1. The van der Waals surface area contributed by atoms with E-state index in [0.717, 1.165) is 34.3 Å². The number of nitrogens with zero attached hydrogens (tertiary/aromatic N) is 1. The van der Waals surface area contributed by atoms with Gasteiger partial charge in [-0.05, 0) is 64.7 Å². The van der Waals surface area contributed by atoms with Crippen LogP contribution in [0.15, 0.2) is 42.5 Å². The summed E-state index contributed by atoms with van der Waals surface area (Å²) in [6, 6.07) is 13.9. The van der Waals surface area contributed by atoms with Crippen LogP contribution in [0.3, 0.4) is 0 Å². The van der Waals surface area contributed by atoms with Crippen LogP contribution in [-0.4, -0.2) is 44.8 Å². The van der Waals surface area contributed by atoms with Crippen LogP contribution in [0.2, 0.25) is 16.6 Å². The minimum absolute atomic E-state index is 0.330. The average molecular weight is 526 g/mol. The summed E-state index contributed by atoms with van der Waals surface area (Å²) in [6.07, 6.45) is 2.22. The van der Waals surface area contributed by atoms with Gasteiger partial charge in [-0.1, -0.05) is 77.9 Å². The van der Waals surface area contributed by atoms with Gasteiger partial charge >= 0.3 is 0 Å². The number of aliphatic hydroxyl groups is 1. The van der Waals surface area contributed by atoms with E-state index in [1.165, 1.54) is 0 Å². The van der Waals surface area contributed by atoms with Crippen molar-refractivity contribution < 1.29 is 19.1 Å². The fourth-order valence-corrected chi connectivity index (χ4v) is 11.7. The zero-order valence-electron chi connectivity index (χ0n) is 24.1. The van der Waals surface area contributed by atoms with Crippen LogP contribution in [-0.2, 0) is 21.7 Å². The van der Waals surface area contributed by atoms with Crippen molar-refractivity contribution in [1.82, 2.24) is 4.90 Å². The number of hydrogen-bond donors (Lipinski definition) is 1. The first-order chi connectivity index (χ1) is 17.5. The fourth-order valence-electron chi connectivity index (χ4n) is 6.43. The zero-order chi connectivity index (χ0) is 27.4. The van der Waals surface area contributed by atoms with E-state index >= 15 is 0 Å². The van der Waals surface area contributed by atoms with Gasteiger partial charge < -0.3 is 19.1 Å². The monoisotopic (exact) mass is 525 g/mol. The number of aldehydes is 1. The first kappa shape index (κ1) is 29.6. The lowest BCUT2D eigenvalue weighted by molar-refractivity contribution is -0.115. The summed E-state index contributed by atoms with van der Waals surface area (Å²) in [5.74, 6) is 0.945. The summed E-state index contributed by atoms with van der Waals surface area (Å²) in [7, 11) is -0.375. The molecule has 204 valence electrons. The number of carbonyl (C=O) groups excluding carboxylic acids is 1. The van der Waals surface area contributed by atoms with Crippen LogP contribution in [0.5, 0.6) is 5.75 Å². The number of rotatable bonds is 11. The molecule has 0 aromatic heterocycles. The van der Waals surface area contributed by atoms with Gasteiger partial charge in [0.15, 0.2) is 0 Å². The van der Waals surface area contributed by atoms with E-state index in [4.69, 9.17) is 9.16 Å². The van der Waals surface area contributed by atoms with E-state index in [1.807, 2.05) is 24.3 Å². The molecule has 2 aromatic carbocycles. The largest absolute Gasteiger partial charge is 0.543 e. The van der Waals surface area contributed by atoms with E-state index in [2.05, 4.69) is 71.6 Å². The number of piperidine rings is 1. The highest BCUT2D eigenvalue weighted by Crippen LogP contribution is 2.44. The highest BCUT2D eigenvalue weighted by Gasteiger charge is 2.47. The van der Waals surface area contributed by atoms with E-state index < -0.39 is 13.9 Å². The van der Waals surface area contributed by atoms with Gasteiger partial charge in [0.1, 0.15) is 12.0 Å². The molecule has 1 saturated heterocycles. The first-order valence-corrected chi connectivity index (χ1v) is 15.9. The lowest BCUT2D eigenvalue weighted by Crippen LogP contribution is -2.50. The summed E-state index contributed by atoms with van der Waals surface area (Å²) in [4.78, 5) is 14.5. The van der Waals surface area contributed by atoms with E-state index in [1.54, 1.807) is 7.11 Å². The molecule has 2 aromatic rings. The average Bonchev–Trinajstić information content (AvgIpc) is 2.85. The predicted octanol–water partition coefficient (Wildman–Crippen LogP) is 6.92. The van der Waals surface area contributed by atoms with E-state index in [-0.39, 0.29) is 6.04 Å². The Morgan fingerprint density at radius 2 is 1.54 bits per heavy atom. The normalized spacial score (nSPS) is 17.4. The van der Waals surface area contributed by atoms with E-state index in [9.17, 15) is 9.90 Å². The minimum Gasteiger partial charge on any atom is -0.543 e. The molecule has 3 rings (SSSR count). The quantitative estimate of drug-likeness (QED) is 0.255. The number of methoxy groups -OCH3 is 1.